The van der Waals surface area contributed by atoms with Crippen LogP contribution in [0, 0.1) is 5.92 Å². The van der Waals surface area contributed by atoms with Crippen LogP contribution in [-0.4, -0.2) is 25.4 Å². The molecular weight excluding hydrogens is 426 g/mol. The number of aliphatic hydroxyl groups is 1. The van der Waals surface area contributed by atoms with Crippen LogP contribution in [0.3, 0.4) is 0 Å². The van der Waals surface area contributed by atoms with Gasteiger partial charge in [0.2, 0.25) is 0 Å². The highest BCUT2D eigenvalue weighted by Crippen LogP contribution is 2.32. The van der Waals surface area contributed by atoms with Crippen molar-refractivity contribution in [2.45, 2.75) is 52.1 Å². The summed E-state index contributed by atoms with van der Waals surface area (Å²) < 4.78 is 4.77. The van der Waals surface area contributed by atoms with Gasteiger partial charge in [0, 0.05) is 37.5 Å². The number of aromatic nitrogens is 3. The van der Waals surface area contributed by atoms with Crippen molar-refractivity contribution in [3.8, 4) is 0 Å². The van der Waals surface area contributed by atoms with E-state index >= 15 is 0 Å². The molecule has 1 aromatic carbocycles. The lowest BCUT2D eigenvalue weighted by Crippen LogP contribution is -2.39. The molecule has 0 saturated heterocycles. The molecule has 0 radical (unpaired) electrons. The van der Waals surface area contributed by atoms with E-state index < -0.39 is 0 Å². The van der Waals surface area contributed by atoms with Gasteiger partial charge in [0.05, 0.1) is 5.52 Å². The number of fused-ring (bicyclic) bond motifs is 1. The molecule has 7 heteroatoms. The summed E-state index contributed by atoms with van der Waals surface area (Å²) in [5.74, 6) is 0.571. The molecule has 1 aliphatic rings. The summed E-state index contributed by atoms with van der Waals surface area (Å²) in [6, 6.07) is 9.55. The molecular formula is C25H30ClN3O3. The highest BCUT2D eigenvalue weighted by molar-refractivity contribution is 6.30. The zero-order valence-electron chi connectivity index (χ0n) is 18.7. The van der Waals surface area contributed by atoms with Gasteiger partial charge in [0.25, 0.3) is 5.56 Å². The van der Waals surface area contributed by atoms with Gasteiger partial charge in [0.15, 0.2) is 0 Å². The minimum atomic E-state index is -0.359. The second-order valence-corrected chi connectivity index (χ2v) is 9.20. The lowest BCUT2D eigenvalue weighted by Gasteiger charge is -2.13. The number of allylic oxidation sites excluding steroid dienone is 1. The summed E-state index contributed by atoms with van der Waals surface area (Å²) in [6.45, 7) is 2.78. The molecule has 3 aromatic rings. The average Bonchev–Trinajstić information content (AvgIpc) is 3.43. The van der Waals surface area contributed by atoms with Crippen LogP contribution in [0.4, 0.5) is 0 Å². The van der Waals surface area contributed by atoms with E-state index in [2.05, 4.69) is 13.0 Å². The Bertz CT molecular complexity index is 1260. The monoisotopic (exact) mass is 455 g/mol. The van der Waals surface area contributed by atoms with E-state index in [-0.39, 0.29) is 24.4 Å². The van der Waals surface area contributed by atoms with Crippen LogP contribution < -0.4 is 11.2 Å². The third-order valence-corrected chi connectivity index (χ3v) is 6.86. The van der Waals surface area contributed by atoms with Crippen LogP contribution in [0.1, 0.15) is 50.3 Å². The van der Waals surface area contributed by atoms with Crippen LogP contribution in [0.25, 0.3) is 17.1 Å². The number of halogens is 1. The van der Waals surface area contributed by atoms with Gasteiger partial charge < -0.3 is 9.67 Å². The zero-order chi connectivity index (χ0) is 22.8. The van der Waals surface area contributed by atoms with Gasteiger partial charge >= 0.3 is 5.69 Å². The SMILES string of the molecule is C/C(=C\c1cc2c(c(=O)n(CCCO)c(=O)n2C)n1Cc1ccc(Cl)cc1)C1CCCC1. The molecule has 1 saturated carbocycles. The Morgan fingerprint density at radius 1 is 1.16 bits per heavy atom. The molecule has 6 nitrogen and oxygen atoms in total. The van der Waals surface area contributed by atoms with Gasteiger partial charge in [-0.1, -0.05) is 42.1 Å². The fraction of sp³-hybridized carbons (Fsp3) is 0.440. The Morgan fingerprint density at radius 2 is 1.84 bits per heavy atom. The Hall–Kier alpha value is -2.57. The summed E-state index contributed by atoms with van der Waals surface area (Å²) in [7, 11) is 1.70. The fourth-order valence-electron chi connectivity index (χ4n) is 4.75. The van der Waals surface area contributed by atoms with E-state index in [1.54, 1.807) is 7.05 Å². The van der Waals surface area contributed by atoms with Crippen molar-refractivity contribution in [3.63, 3.8) is 0 Å². The number of aliphatic hydroxyl groups excluding tert-OH is 1. The molecule has 4 rings (SSSR count). The number of rotatable bonds is 7. The minimum Gasteiger partial charge on any atom is -0.396 e. The molecule has 1 aliphatic carbocycles. The largest absolute Gasteiger partial charge is 0.396 e. The lowest BCUT2D eigenvalue weighted by molar-refractivity contribution is 0.277. The highest BCUT2D eigenvalue weighted by Gasteiger charge is 2.20. The summed E-state index contributed by atoms with van der Waals surface area (Å²) in [6.07, 6.45) is 7.44. The van der Waals surface area contributed by atoms with Gasteiger partial charge in [-0.25, -0.2) is 4.79 Å². The molecule has 0 spiro atoms. The van der Waals surface area contributed by atoms with Gasteiger partial charge in [-0.2, -0.15) is 0 Å². The smallest absolute Gasteiger partial charge is 0.331 e. The van der Waals surface area contributed by atoms with Crippen LogP contribution >= 0.6 is 11.6 Å². The van der Waals surface area contributed by atoms with E-state index in [4.69, 9.17) is 11.6 Å². The number of benzene rings is 1. The zero-order valence-corrected chi connectivity index (χ0v) is 19.4. The van der Waals surface area contributed by atoms with Crippen molar-refractivity contribution in [2.24, 2.45) is 13.0 Å². The second kappa shape index (κ2) is 9.51. The maximum atomic E-state index is 13.4. The van der Waals surface area contributed by atoms with Crippen molar-refractivity contribution in [1.82, 2.24) is 13.7 Å². The molecule has 1 fully saturated rings. The van der Waals surface area contributed by atoms with Crippen molar-refractivity contribution in [3.05, 3.63) is 73.0 Å². The third-order valence-electron chi connectivity index (χ3n) is 6.60. The maximum Gasteiger partial charge on any atom is 0.331 e. The predicted octanol–water partition coefficient (Wildman–Crippen LogP) is 4.18. The normalized spacial score (nSPS) is 15.2. The average molecular weight is 456 g/mol. The van der Waals surface area contributed by atoms with Gasteiger partial charge in [0.1, 0.15) is 5.52 Å². The van der Waals surface area contributed by atoms with Crippen LogP contribution in [0.5, 0.6) is 0 Å². The summed E-state index contributed by atoms with van der Waals surface area (Å²) in [4.78, 5) is 26.3. The summed E-state index contributed by atoms with van der Waals surface area (Å²) in [5.41, 5.74) is 3.71. The first kappa shape index (κ1) is 22.6. The van der Waals surface area contributed by atoms with Crippen LogP contribution in [-0.2, 0) is 20.1 Å². The molecule has 170 valence electrons. The van der Waals surface area contributed by atoms with Crippen molar-refractivity contribution < 1.29 is 5.11 Å². The second-order valence-electron chi connectivity index (χ2n) is 8.76. The highest BCUT2D eigenvalue weighted by atomic mass is 35.5. The van der Waals surface area contributed by atoms with E-state index in [1.165, 1.54) is 40.4 Å². The van der Waals surface area contributed by atoms with Crippen molar-refractivity contribution in [1.29, 1.82) is 0 Å². The number of hydrogen-bond donors (Lipinski definition) is 1. The van der Waals surface area contributed by atoms with E-state index in [0.29, 0.717) is 34.9 Å². The molecule has 1 N–H and O–H groups in total. The molecule has 0 aliphatic heterocycles. The van der Waals surface area contributed by atoms with Crippen LogP contribution in [0.2, 0.25) is 5.02 Å². The number of aryl methyl sites for hydroxylation is 1. The van der Waals surface area contributed by atoms with Crippen LogP contribution in [0.15, 0.2) is 45.5 Å². The maximum absolute atomic E-state index is 13.4. The standard InChI is InChI=1S/C25H30ClN3O3/c1-17(19-6-3-4-7-19)14-21-15-22-23(29(21)16-18-8-10-20(26)11-9-18)24(31)28(12-5-13-30)25(32)27(22)2/h8-11,14-15,19,30H,3-7,12-13,16H2,1-2H3/b17-14+. The number of nitrogens with zero attached hydrogens (tertiary/aromatic N) is 3. The minimum absolute atomic E-state index is 0.0754. The predicted molar refractivity (Wildman–Crippen MR) is 129 cm³/mol. The first-order valence-electron chi connectivity index (χ1n) is 11.3. The molecule has 0 bridgehead atoms. The third kappa shape index (κ3) is 4.34. The Balaban J connectivity index is 1.92. The van der Waals surface area contributed by atoms with Gasteiger partial charge in [-0.15, -0.1) is 0 Å². The van der Waals surface area contributed by atoms with Gasteiger partial charge in [-0.3, -0.25) is 13.9 Å². The number of hydrogen-bond acceptors (Lipinski definition) is 3. The fourth-order valence-corrected chi connectivity index (χ4v) is 4.88. The first-order chi connectivity index (χ1) is 15.4. The van der Waals surface area contributed by atoms with E-state index in [0.717, 1.165) is 11.3 Å². The topological polar surface area (TPSA) is 69.2 Å². The molecule has 2 heterocycles. The van der Waals surface area contributed by atoms with Crippen molar-refractivity contribution >= 4 is 28.7 Å². The Labute approximate surface area is 192 Å². The van der Waals surface area contributed by atoms with Crippen molar-refractivity contribution in [2.75, 3.05) is 6.61 Å². The Morgan fingerprint density at radius 3 is 2.50 bits per heavy atom. The Kier molecular flexibility index (Phi) is 6.72. The quantitative estimate of drug-likeness (QED) is 0.581. The molecule has 32 heavy (non-hydrogen) atoms. The van der Waals surface area contributed by atoms with E-state index in [1.807, 2.05) is 34.9 Å². The van der Waals surface area contributed by atoms with E-state index in [9.17, 15) is 14.7 Å². The molecule has 0 atom stereocenters. The summed E-state index contributed by atoms with van der Waals surface area (Å²) in [5, 5.41) is 9.89. The molecule has 0 amide bonds. The molecule has 0 unspecified atom stereocenters. The first-order valence-corrected chi connectivity index (χ1v) is 11.6. The van der Waals surface area contributed by atoms with Gasteiger partial charge in [-0.05, 0) is 61.9 Å². The summed E-state index contributed by atoms with van der Waals surface area (Å²) >= 11 is 6.07. The lowest BCUT2D eigenvalue weighted by atomic mass is 9.98. The molecule has 2 aromatic heterocycles.